The van der Waals surface area contributed by atoms with Gasteiger partial charge in [0.15, 0.2) is 11.5 Å². The Balaban J connectivity index is 3.02. The predicted octanol–water partition coefficient (Wildman–Crippen LogP) is -0.205. The number of rotatable bonds is 2. The molecule has 0 aliphatic rings. The molecule has 1 aromatic heterocycles. The molecule has 14 heavy (non-hydrogen) atoms. The van der Waals surface area contributed by atoms with Gasteiger partial charge in [-0.3, -0.25) is 9.59 Å². The summed E-state index contributed by atoms with van der Waals surface area (Å²) in [6.45, 7) is 1.34. The van der Waals surface area contributed by atoms with Crippen LogP contribution in [0.25, 0.3) is 0 Å². The third-order valence-corrected chi connectivity index (χ3v) is 1.43. The zero-order valence-corrected chi connectivity index (χ0v) is 7.87. The van der Waals surface area contributed by atoms with Crippen LogP contribution in [0.2, 0.25) is 0 Å². The van der Waals surface area contributed by atoms with Crippen LogP contribution in [0.3, 0.4) is 0 Å². The Morgan fingerprint density at radius 3 is 2.50 bits per heavy atom. The van der Waals surface area contributed by atoms with Crippen LogP contribution in [0.15, 0.2) is 12.4 Å². The lowest BCUT2D eigenvalue weighted by atomic mass is 10.3. The fraction of sp³-hybridized carbons (Fsp3) is 0.250. The number of nitrogens with zero attached hydrogens (tertiary/aromatic N) is 2. The highest BCUT2D eigenvalue weighted by molar-refractivity contribution is 6.00. The average molecular weight is 194 g/mol. The standard InChI is InChI=1S/C8H10N4O2/c1-5(13)12-7-6(8(14)9-2)10-3-4-11-7/h3-4H,1-2H3,(H,9,14)(H,11,12,13). The van der Waals surface area contributed by atoms with Crippen molar-refractivity contribution in [2.24, 2.45) is 0 Å². The van der Waals surface area contributed by atoms with Gasteiger partial charge >= 0.3 is 0 Å². The molecule has 6 heteroatoms. The number of hydrogen-bond donors (Lipinski definition) is 2. The lowest BCUT2D eigenvalue weighted by molar-refractivity contribution is -0.114. The maximum absolute atomic E-state index is 11.3. The van der Waals surface area contributed by atoms with E-state index in [2.05, 4.69) is 20.6 Å². The Bertz CT molecular complexity index is 364. The first-order valence-electron chi connectivity index (χ1n) is 3.96. The summed E-state index contributed by atoms with van der Waals surface area (Å²) >= 11 is 0. The van der Waals surface area contributed by atoms with E-state index < -0.39 is 0 Å². The van der Waals surface area contributed by atoms with Gasteiger partial charge in [-0.15, -0.1) is 0 Å². The van der Waals surface area contributed by atoms with Crippen LogP contribution in [0.5, 0.6) is 0 Å². The molecule has 0 saturated carbocycles. The number of nitrogens with one attached hydrogen (secondary N) is 2. The van der Waals surface area contributed by atoms with Crippen molar-refractivity contribution in [3.05, 3.63) is 18.1 Å². The van der Waals surface area contributed by atoms with Crippen molar-refractivity contribution in [3.63, 3.8) is 0 Å². The second kappa shape index (κ2) is 4.31. The Labute approximate surface area is 80.8 Å². The Morgan fingerprint density at radius 1 is 1.29 bits per heavy atom. The first kappa shape index (κ1) is 10.1. The van der Waals surface area contributed by atoms with E-state index in [9.17, 15) is 9.59 Å². The summed E-state index contributed by atoms with van der Waals surface area (Å²) in [7, 11) is 1.48. The highest BCUT2D eigenvalue weighted by Crippen LogP contribution is 2.07. The predicted molar refractivity (Wildman–Crippen MR) is 49.7 cm³/mol. The van der Waals surface area contributed by atoms with Crippen molar-refractivity contribution in [2.45, 2.75) is 6.92 Å². The number of anilines is 1. The number of carbonyl (C=O) groups is 2. The van der Waals surface area contributed by atoms with E-state index in [1.807, 2.05) is 0 Å². The second-order valence-electron chi connectivity index (χ2n) is 2.51. The van der Waals surface area contributed by atoms with Crippen molar-refractivity contribution < 1.29 is 9.59 Å². The molecule has 0 fully saturated rings. The molecule has 0 aliphatic carbocycles. The number of carbonyl (C=O) groups excluding carboxylic acids is 2. The molecule has 0 aliphatic heterocycles. The molecule has 0 saturated heterocycles. The van der Waals surface area contributed by atoms with Crippen LogP contribution >= 0.6 is 0 Å². The largest absolute Gasteiger partial charge is 0.354 e. The van der Waals surface area contributed by atoms with Gasteiger partial charge in [0.2, 0.25) is 5.91 Å². The summed E-state index contributed by atoms with van der Waals surface area (Å²) < 4.78 is 0. The molecule has 0 spiro atoms. The monoisotopic (exact) mass is 194 g/mol. The van der Waals surface area contributed by atoms with Crippen LogP contribution in [-0.2, 0) is 4.79 Å². The lowest BCUT2D eigenvalue weighted by Gasteiger charge is -2.05. The van der Waals surface area contributed by atoms with E-state index in [1.54, 1.807) is 0 Å². The van der Waals surface area contributed by atoms with Gasteiger partial charge in [-0.2, -0.15) is 0 Å². The van der Waals surface area contributed by atoms with Crippen molar-refractivity contribution in [1.29, 1.82) is 0 Å². The zero-order chi connectivity index (χ0) is 10.6. The van der Waals surface area contributed by atoms with Gasteiger partial charge in [-0.1, -0.05) is 0 Å². The van der Waals surface area contributed by atoms with Crippen molar-refractivity contribution >= 4 is 17.6 Å². The lowest BCUT2D eigenvalue weighted by Crippen LogP contribution is -2.22. The minimum atomic E-state index is -0.387. The molecule has 1 aromatic rings. The number of hydrogen-bond acceptors (Lipinski definition) is 4. The molecular weight excluding hydrogens is 184 g/mol. The fourth-order valence-electron chi connectivity index (χ4n) is 0.881. The number of aromatic nitrogens is 2. The third kappa shape index (κ3) is 2.25. The van der Waals surface area contributed by atoms with Crippen LogP contribution < -0.4 is 10.6 Å². The molecule has 6 nitrogen and oxygen atoms in total. The molecule has 2 N–H and O–H groups in total. The maximum atomic E-state index is 11.3. The first-order valence-corrected chi connectivity index (χ1v) is 3.96. The summed E-state index contributed by atoms with van der Waals surface area (Å²) in [5.74, 6) is -0.517. The Kier molecular flexibility index (Phi) is 3.11. The van der Waals surface area contributed by atoms with E-state index in [0.717, 1.165) is 0 Å². The van der Waals surface area contributed by atoms with Gasteiger partial charge in [0.1, 0.15) is 0 Å². The van der Waals surface area contributed by atoms with Crippen LogP contribution in [0.4, 0.5) is 5.82 Å². The molecule has 0 bridgehead atoms. The van der Waals surface area contributed by atoms with Crippen molar-refractivity contribution in [1.82, 2.24) is 15.3 Å². The van der Waals surface area contributed by atoms with E-state index >= 15 is 0 Å². The maximum Gasteiger partial charge on any atom is 0.273 e. The normalized spacial score (nSPS) is 9.29. The van der Waals surface area contributed by atoms with E-state index in [-0.39, 0.29) is 23.3 Å². The fourth-order valence-corrected chi connectivity index (χ4v) is 0.881. The van der Waals surface area contributed by atoms with E-state index in [4.69, 9.17) is 0 Å². The van der Waals surface area contributed by atoms with Crippen molar-refractivity contribution in [3.8, 4) is 0 Å². The molecule has 2 amide bonds. The van der Waals surface area contributed by atoms with Gasteiger partial charge in [-0.05, 0) is 0 Å². The Hall–Kier alpha value is -1.98. The molecule has 1 rings (SSSR count). The second-order valence-corrected chi connectivity index (χ2v) is 2.51. The highest BCUT2D eigenvalue weighted by Gasteiger charge is 2.12. The summed E-state index contributed by atoms with van der Waals surface area (Å²) in [6, 6.07) is 0. The highest BCUT2D eigenvalue weighted by atomic mass is 16.2. The van der Waals surface area contributed by atoms with Crippen LogP contribution in [0.1, 0.15) is 17.4 Å². The van der Waals surface area contributed by atoms with Crippen LogP contribution in [0, 0.1) is 0 Å². The van der Waals surface area contributed by atoms with Crippen LogP contribution in [-0.4, -0.2) is 28.8 Å². The van der Waals surface area contributed by atoms with E-state index in [0.29, 0.717) is 0 Å². The van der Waals surface area contributed by atoms with Gasteiger partial charge < -0.3 is 10.6 Å². The van der Waals surface area contributed by atoms with E-state index in [1.165, 1.54) is 26.4 Å². The summed E-state index contributed by atoms with van der Waals surface area (Å²) in [6.07, 6.45) is 2.79. The minimum Gasteiger partial charge on any atom is -0.354 e. The molecule has 1 heterocycles. The first-order chi connectivity index (χ1) is 6.65. The van der Waals surface area contributed by atoms with Gasteiger partial charge in [0.05, 0.1) is 0 Å². The Morgan fingerprint density at radius 2 is 1.93 bits per heavy atom. The quantitative estimate of drug-likeness (QED) is 0.682. The smallest absolute Gasteiger partial charge is 0.273 e. The zero-order valence-electron chi connectivity index (χ0n) is 7.87. The van der Waals surface area contributed by atoms with Crippen molar-refractivity contribution in [2.75, 3.05) is 12.4 Å². The SMILES string of the molecule is CNC(=O)c1nccnc1NC(C)=O. The molecule has 0 radical (unpaired) electrons. The van der Waals surface area contributed by atoms with Gasteiger partial charge in [0.25, 0.3) is 5.91 Å². The minimum absolute atomic E-state index is 0.102. The van der Waals surface area contributed by atoms with Gasteiger partial charge in [0, 0.05) is 26.4 Å². The summed E-state index contributed by atoms with van der Waals surface area (Å²) in [5, 5.41) is 4.82. The van der Waals surface area contributed by atoms with Gasteiger partial charge in [-0.25, -0.2) is 9.97 Å². The molecular formula is C8H10N4O2. The molecule has 74 valence electrons. The molecule has 0 aromatic carbocycles. The summed E-state index contributed by atoms with van der Waals surface area (Å²) in [5.41, 5.74) is 0.102. The molecule has 0 atom stereocenters. The average Bonchev–Trinajstić information content (AvgIpc) is 2.16. The topological polar surface area (TPSA) is 84.0 Å². The molecule has 0 unspecified atom stereocenters. The third-order valence-electron chi connectivity index (χ3n) is 1.43. The summed E-state index contributed by atoms with van der Waals surface area (Å²) in [4.78, 5) is 29.7. The number of amides is 2.